The fraction of sp³-hybridized carbons (Fsp3) is 0.158. The van der Waals surface area contributed by atoms with E-state index in [2.05, 4.69) is 35.7 Å². The van der Waals surface area contributed by atoms with Crippen LogP contribution in [0.4, 0.5) is 8.78 Å². The molecule has 0 spiro atoms. The minimum atomic E-state index is -1.72. The predicted molar refractivity (Wildman–Crippen MR) is 96.5 cm³/mol. The summed E-state index contributed by atoms with van der Waals surface area (Å²) in [5, 5.41) is 2.95. The second-order valence-corrected chi connectivity index (χ2v) is 12.0. The van der Waals surface area contributed by atoms with Crippen molar-refractivity contribution in [3.63, 3.8) is 0 Å². The molecule has 0 aliphatic carbocycles. The molecule has 26 heavy (non-hydrogen) atoms. The third kappa shape index (κ3) is 3.00. The molecule has 3 heterocycles. The van der Waals surface area contributed by atoms with E-state index in [1.807, 2.05) is 18.2 Å². The molecule has 0 amide bonds. The monoisotopic (exact) mass is 546 g/mol. The van der Waals surface area contributed by atoms with E-state index in [4.69, 9.17) is 4.42 Å². The third-order valence-electron chi connectivity index (χ3n) is 4.18. The van der Waals surface area contributed by atoms with Crippen molar-refractivity contribution in [3.8, 4) is 11.3 Å². The molecule has 3 aromatic heterocycles. The molecule has 0 aliphatic rings. The molecule has 1 aromatic carbocycles. The van der Waals surface area contributed by atoms with Gasteiger partial charge in [-0.3, -0.25) is 4.98 Å². The van der Waals surface area contributed by atoms with Crippen LogP contribution in [0, 0.1) is 17.7 Å². The van der Waals surface area contributed by atoms with Crippen LogP contribution in [0.5, 0.6) is 0 Å². The SMILES string of the molecule is C[Si](C)(C)c1c[c-]c(-c2ncc(F)cc2F)c2oc3ncccc3c12.[Ir]. The van der Waals surface area contributed by atoms with Crippen LogP contribution in [0.2, 0.25) is 19.6 Å². The summed E-state index contributed by atoms with van der Waals surface area (Å²) in [4.78, 5) is 8.18. The van der Waals surface area contributed by atoms with Crippen LogP contribution in [0.15, 0.2) is 41.1 Å². The Kier molecular flexibility index (Phi) is 4.81. The van der Waals surface area contributed by atoms with Crippen LogP contribution in [-0.2, 0) is 20.1 Å². The number of rotatable bonds is 2. The molecule has 0 atom stereocenters. The van der Waals surface area contributed by atoms with Gasteiger partial charge in [-0.05, 0) is 12.1 Å². The van der Waals surface area contributed by atoms with E-state index in [0.29, 0.717) is 16.9 Å². The summed E-state index contributed by atoms with van der Waals surface area (Å²) in [5.41, 5.74) is 1.38. The predicted octanol–water partition coefficient (Wildman–Crippen LogP) is 4.66. The summed E-state index contributed by atoms with van der Waals surface area (Å²) < 4.78 is 33.4. The first kappa shape index (κ1) is 18.8. The van der Waals surface area contributed by atoms with Gasteiger partial charge in [0.15, 0.2) is 0 Å². The van der Waals surface area contributed by atoms with Crippen molar-refractivity contribution in [2.75, 3.05) is 0 Å². The van der Waals surface area contributed by atoms with Gasteiger partial charge in [0.2, 0.25) is 5.71 Å². The van der Waals surface area contributed by atoms with Gasteiger partial charge >= 0.3 is 0 Å². The van der Waals surface area contributed by atoms with Gasteiger partial charge in [-0.25, -0.2) is 13.8 Å². The average molecular weight is 546 g/mol. The summed E-state index contributed by atoms with van der Waals surface area (Å²) >= 11 is 0. The second kappa shape index (κ2) is 6.65. The Hall–Kier alpha value is -1.95. The van der Waals surface area contributed by atoms with E-state index in [1.165, 1.54) is 0 Å². The Morgan fingerprint density at radius 3 is 2.62 bits per heavy atom. The van der Waals surface area contributed by atoms with Crippen LogP contribution in [0.3, 0.4) is 0 Å². The van der Waals surface area contributed by atoms with Crippen LogP contribution in [0.1, 0.15) is 0 Å². The van der Waals surface area contributed by atoms with Gasteiger partial charge in [-0.2, -0.15) is 0 Å². The van der Waals surface area contributed by atoms with Crippen LogP contribution >= 0.6 is 0 Å². The summed E-state index contributed by atoms with van der Waals surface area (Å²) in [6.07, 6.45) is 2.64. The van der Waals surface area contributed by atoms with Crippen LogP contribution in [-0.4, -0.2) is 18.0 Å². The van der Waals surface area contributed by atoms with E-state index < -0.39 is 19.7 Å². The number of fused-ring (bicyclic) bond motifs is 3. The molecule has 135 valence electrons. The van der Waals surface area contributed by atoms with Crippen molar-refractivity contribution in [1.82, 2.24) is 9.97 Å². The van der Waals surface area contributed by atoms with E-state index >= 15 is 0 Å². The first-order valence-electron chi connectivity index (χ1n) is 7.90. The Morgan fingerprint density at radius 1 is 1.15 bits per heavy atom. The van der Waals surface area contributed by atoms with Crippen LogP contribution < -0.4 is 5.19 Å². The van der Waals surface area contributed by atoms with Gasteiger partial charge in [0.05, 0.1) is 11.8 Å². The van der Waals surface area contributed by atoms with Crippen molar-refractivity contribution in [1.29, 1.82) is 0 Å². The largest absolute Gasteiger partial charge is 0.486 e. The minimum Gasteiger partial charge on any atom is -0.486 e. The van der Waals surface area contributed by atoms with Gasteiger partial charge in [0.1, 0.15) is 11.6 Å². The molecular formula is C19H15F2IrN2OSi-. The van der Waals surface area contributed by atoms with Crippen LogP contribution in [0.25, 0.3) is 33.3 Å². The van der Waals surface area contributed by atoms with Gasteiger partial charge in [0, 0.05) is 51.5 Å². The number of halogens is 2. The molecule has 0 fully saturated rings. The Morgan fingerprint density at radius 2 is 1.92 bits per heavy atom. The fourth-order valence-electron chi connectivity index (χ4n) is 3.02. The molecule has 3 nitrogen and oxygen atoms in total. The van der Waals surface area contributed by atoms with Crippen molar-refractivity contribution in [2.24, 2.45) is 0 Å². The number of pyridine rings is 2. The van der Waals surface area contributed by atoms with Crippen molar-refractivity contribution in [2.45, 2.75) is 19.6 Å². The summed E-state index contributed by atoms with van der Waals surface area (Å²) in [6, 6.07) is 9.60. The van der Waals surface area contributed by atoms with Crippen molar-refractivity contribution < 1.29 is 33.3 Å². The zero-order chi connectivity index (χ0) is 17.8. The number of hydrogen-bond donors (Lipinski definition) is 0. The Labute approximate surface area is 163 Å². The molecule has 0 saturated carbocycles. The summed E-state index contributed by atoms with van der Waals surface area (Å²) in [7, 11) is -1.72. The van der Waals surface area contributed by atoms with E-state index in [-0.39, 0.29) is 25.8 Å². The van der Waals surface area contributed by atoms with Gasteiger partial charge in [0.25, 0.3) is 0 Å². The first-order valence-corrected chi connectivity index (χ1v) is 11.4. The number of benzene rings is 1. The minimum absolute atomic E-state index is 0. The van der Waals surface area contributed by atoms with E-state index in [1.54, 1.807) is 6.20 Å². The molecular weight excluding hydrogens is 531 g/mol. The summed E-state index contributed by atoms with van der Waals surface area (Å²) in [6.45, 7) is 6.67. The van der Waals surface area contributed by atoms with Crippen molar-refractivity contribution >= 4 is 35.3 Å². The molecule has 0 aliphatic heterocycles. The number of aromatic nitrogens is 2. The Balaban J connectivity index is 0.00000196. The number of hydrogen-bond acceptors (Lipinski definition) is 3. The first-order chi connectivity index (χ1) is 11.9. The van der Waals surface area contributed by atoms with Gasteiger partial charge in [-0.15, -0.1) is 17.3 Å². The summed E-state index contributed by atoms with van der Waals surface area (Å²) in [5.74, 6) is -1.46. The zero-order valence-corrected chi connectivity index (χ0v) is 17.8. The molecule has 0 unspecified atom stereocenters. The normalized spacial score (nSPS) is 11.7. The maximum atomic E-state index is 14.3. The molecule has 0 saturated heterocycles. The quantitative estimate of drug-likeness (QED) is 0.272. The van der Waals surface area contributed by atoms with E-state index in [9.17, 15) is 8.78 Å². The molecule has 1 radical (unpaired) electrons. The molecule has 7 heteroatoms. The van der Waals surface area contributed by atoms with Crippen molar-refractivity contribution in [3.05, 3.63) is 54.4 Å². The zero-order valence-electron chi connectivity index (χ0n) is 14.4. The smallest absolute Gasteiger partial charge is 0.216 e. The molecule has 0 N–H and O–H groups in total. The second-order valence-electron chi connectivity index (χ2n) is 6.97. The standard InChI is InChI=1S/C19H15F2N2OSi.Ir/c1-25(2,3)15-7-6-13(17-14(21)9-11(20)10-23-17)18-16(15)12-5-4-8-22-19(12)24-18;/h4-5,7-10H,1-3H3;/q-1;. The topological polar surface area (TPSA) is 38.9 Å². The fourth-order valence-corrected chi connectivity index (χ4v) is 4.53. The average Bonchev–Trinajstić information content (AvgIpc) is 2.93. The van der Waals surface area contributed by atoms with Gasteiger partial charge < -0.3 is 4.42 Å². The van der Waals surface area contributed by atoms with E-state index in [0.717, 1.165) is 28.2 Å². The maximum absolute atomic E-state index is 14.3. The number of furan rings is 1. The maximum Gasteiger partial charge on any atom is 0.216 e. The molecule has 4 aromatic rings. The third-order valence-corrected chi connectivity index (χ3v) is 6.19. The van der Waals surface area contributed by atoms with Gasteiger partial charge in [-0.1, -0.05) is 30.6 Å². The Bertz CT molecular complexity index is 1120. The molecule has 0 bridgehead atoms. The molecule has 4 rings (SSSR count). The number of nitrogens with zero attached hydrogens (tertiary/aromatic N) is 2.